The number of amides is 2. The number of fused-ring (bicyclic) bond motifs is 1. The lowest BCUT2D eigenvalue weighted by Crippen LogP contribution is -2.20. The highest BCUT2D eigenvalue weighted by atomic mass is 16.2. The van der Waals surface area contributed by atoms with Crippen molar-refractivity contribution in [3.05, 3.63) is 126 Å². The monoisotopic (exact) mass is 499 g/mol. The maximum atomic E-state index is 13.3. The van der Waals surface area contributed by atoms with Gasteiger partial charge in [-0.05, 0) is 61.9 Å². The van der Waals surface area contributed by atoms with Gasteiger partial charge in [0.05, 0.1) is 22.5 Å². The van der Waals surface area contributed by atoms with Gasteiger partial charge in [-0.1, -0.05) is 54.1 Å². The number of benzene rings is 3. The normalized spacial score (nSPS) is 11.3. The molecule has 7 heteroatoms. The molecule has 3 aromatic carbocycles. The third-order valence-electron chi connectivity index (χ3n) is 6.10. The Labute approximate surface area is 220 Å². The first kappa shape index (κ1) is 24.5. The maximum absolute atomic E-state index is 13.3. The molecule has 2 amide bonds. The lowest BCUT2D eigenvalue weighted by molar-refractivity contribution is 0.0955. The van der Waals surface area contributed by atoms with Gasteiger partial charge >= 0.3 is 0 Å². The summed E-state index contributed by atoms with van der Waals surface area (Å²) in [7, 11) is 0. The number of rotatable bonds is 6. The second-order valence-electron chi connectivity index (χ2n) is 8.85. The molecule has 0 saturated carbocycles. The quantitative estimate of drug-likeness (QED) is 0.221. The van der Waals surface area contributed by atoms with E-state index in [9.17, 15) is 9.59 Å². The Morgan fingerprint density at radius 3 is 2.32 bits per heavy atom. The van der Waals surface area contributed by atoms with Gasteiger partial charge < -0.3 is 5.32 Å². The predicted molar refractivity (Wildman–Crippen MR) is 150 cm³/mol. The highest BCUT2D eigenvalue weighted by Crippen LogP contribution is 2.25. The van der Waals surface area contributed by atoms with Crippen LogP contribution in [-0.4, -0.2) is 27.5 Å². The second kappa shape index (κ2) is 10.8. The van der Waals surface area contributed by atoms with Crippen LogP contribution in [0.5, 0.6) is 0 Å². The number of nitrogens with one attached hydrogen (secondary N) is 2. The van der Waals surface area contributed by atoms with Crippen LogP contribution in [0.4, 0.5) is 5.69 Å². The van der Waals surface area contributed by atoms with Gasteiger partial charge in [0.2, 0.25) is 0 Å². The zero-order valence-corrected chi connectivity index (χ0v) is 21.0. The van der Waals surface area contributed by atoms with Gasteiger partial charge in [0.15, 0.2) is 0 Å². The van der Waals surface area contributed by atoms with Crippen LogP contribution in [0.25, 0.3) is 22.2 Å². The second-order valence-corrected chi connectivity index (χ2v) is 8.85. The Morgan fingerprint density at radius 2 is 1.55 bits per heavy atom. The van der Waals surface area contributed by atoms with Crippen LogP contribution in [0.15, 0.2) is 108 Å². The lowest BCUT2D eigenvalue weighted by Gasteiger charge is -2.10. The molecule has 5 rings (SSSR count). The molecule has 0 radical (unpaired) electrons. The number of aryl methyl sites for hydroxylation is 1. The van der Waals surface area contributed by atoms with Crippen LogP contribution >= 0.6 is 0 Å². The average Bonchev–Trinajstić information content (AvgIpc) is 2.96. The van der Waals surface area contributed by atoms with Gasteiger partial charge in [0.25, 0.3) is 11.8 Å². The first-order valence-electron chi connectivity index (χ1n) is 12.1. The van der Waals surface area contributed by atoms with Crippen LogP contribution in [-0.2, 0) is 0 Å². The van der Waals surface area contributed by atoms with E-state index in [-0.39, 0.29) is 11.8 Å². The van der Waals surface area contributed by atoms with E-state index >= 15 is 0 Å². The minimum absolute atomic E-state index is 0.215. The van der Waals surface area contributed by atoms with Crippen molar-refractivity contribution in [2.75, 3.05) is 5.32 Å². The van der Waals surface area contributed by atoms with Gasteiger partial charge in [-0.3, -0.25) is 14.6 Å². The Hall–Kier alpha value is -5.17. The van der Waals surface area contributed by atoms with E-state index in [2.05, 4.69) is 20.8 Å². The maximum Gasteiger partial charge on any atom is 0.272 e. The molecule has 7 nitrogen and oxygen atoms in total. The summed E-state index contributed by atoms with van der Waals surface area (Å²) in [4.78, 5) is 34.3. The highest BCUT2D eigenvalue weighted by molar-refractivity contribution is 6.08. The van der Waals surface area contributed by atoms with Crippen LogP contribution in [0.2, 0.25) is 0 Å². The molecule has 0 fully saturated rings. The molecule has 0 atom stereocenters. The summed E-state index contributed by atoms with van der Waals surface area (Å²) in [5.41, 5.74) is 9.33. The zero-order chi connectivity index (χ0) is 26.5. The molecule has 0 saturated heterocycles. The number of para-hydroxylation sites is 1. The van der Waals surface area contributed by atoms with Crippen molar-refractivity contribution in [3.8, 4) is 11.3 Å². The predicted octanol–water partition coefficient (Wildman–Crippen LogP) is 6.01. The fourth-order valence-corrected chi connectivity index (χ4v) is 4.08. The van der Waals surface area contributed by atoms with Gasteiger partial charge in [-0.15, -0.1) is 0 Å². The molecule has 0 aliphatic rings. The molecule has 5 aromatic rings. The molecular formula is C31H25N5O2. The van der Waals surface area contributed by atoms with Crippen molar-refractivity contribution in [2.45, 2.75) is 13.8 Å². The minimum Gasteiger partial charge on any atom is -0.322 e. The van der Waals surface area contributed by atoms with Gasteiger partial charge in [0, 0.05) is 34.6 Å². The third-order valence-corrected chi connectivity index (χ3v) is 6.10. The third kappa shape index (κ3) is 5.47. The smallest absolute Gasteiger partial charge is 0.272 e. The Balaban J connectivity index is 1.34. The van der Waals surface area contributed by atoms with Crippen LogP contribution in [0, 0.1) is 6.92 Å². The van der Waals surface area contributed by atoms with E-state index in [1.54, 1.807) is 42.7 Å². The van der Waals surface area contributed by atoms with Crippen LogP contribution < -0.4 is 10.7 Å². The van der Waals surface area contributed by atoms with E-state index in [0.717, 1.165) is 33.3 Å². The number of hydrogen-bond acceptors (Lipinski definition) is 5. The number of pyridine rings is 2. The summed E-state index contributed by atoms with van der Waals surface area (Å²) in [6.45, 7) is 3.84. The topological polar surface area (TPSA) is 96.3 Å². The Morgan fingerprint density at radius 1 is 0.789 bits per heavy atom. The van der Waals surface area contributed by atoms with E-state index in [1.807, 2.05) is 74.5 Å². The summed E-state index contributed by atoms with van der Waals surface area (Å²) < 4.78 is 0. The van der Waals surface area contributed by atoms with E-state index < -0.39 is 0 Å². The number of nitrogens with zero attached hydrogens (tertiary/aromatic N) is 3. The molecule has 2 heterocycles. The molecule has 0 unspecified atom stereocenters. The molecule has 0 bridgehead atoms. The molecule has 186 valence electrons. The molecular weight excluding hydrogens is 474 g/mol. The lowest BCUT2D eigenvalue weighted by atomic mass is 10.0. The SMILES string of the molecule is C/C(=N/NC(=O)c1cc(-c2cccc(C)c2)nc2ccccc12)c1ccc(NC(=O)c2ccncc2)cc1. The van der Waals surface area contributed by atoms with E-state index in [1.165, 1.54) is 0 Å². The number of carbonyl (C=O) groups is 2. The van der Waals surface area contributed by atoms with Crippen LogP contribution in [0.3, 0.4) is 0 Å². The number of carbonyl (C=O) groups excluding carboxylic acids is 2. The van der Waals surface area contributed by atoms with Crippen LogP contribution in [0.1, 0.15) is 38.8 Å². The minimum atomic E-state index is -0.321. The first-order valence-corrected chi connectivity index (χ1v) is 12.1. The summed E-state index contributed by atoms with van der Waals surface area (Å²) in [5.74, 6) is -0.537. The number of aromatic nitrogens is 2. The van der Waals surface area contributed by atoms with E-state index in [4.69, 9.17) is 4.98 Å². The van der Waals surface area contributed by atoms with Crippen molar-refractivity contribution in [3.63, 3.8) is 0 Å². The first-order chi connectivity index (χ1) is 18.5. The summed E-state index contributed by atoms with van der Waals surface area (Å²) in [5, 5.41) is 7.94. The van der Waals surface area contributed by atoms with Crippen molar-refractivity contribution >= 4 is 34.1 Å². The highest BCUT2D eigenvalue weighted by Gasteiger charge is 2.14. The fourth-order valence-electron chi connectivity index (χ4n) is 4.08. The Bertz CT molecular complexity index is 1660. The summed E-state index contributed by atoms with van der Waals surface area (Å²) >= 11 is 0. The van der Waals surface area contributed by atoms with Crippen molar-refractivity contribution in [1.29, 1.82) is 0 Å². The largest absolute Gasteiger partial charge is 0.322 e. The summed E-state index contributed by atoms with van der Waals surface area (Å²) in [6.07, 6.45) is 3.15. The molecule has 2 N–H and O–H groups in total. The number of hydrogen-bond donors (Lipinski definition) is 2. The van der Waals surface area contributed by atoms with Crippen molar-refractivity contribution in [2.24, 2.45) is 5.10 Å². The standard InChI is InChI=1S/C31H25N5O2/c1-20-6-5-7-24(18-20)29-19-27(26-8-3-4-9-28(26)34-29)31(38)36-35-21(2)22-10-12-25(13-11-22)33-30(37)23-14-16-32-17-15-23/h3-19H,1-2H3,(H,33,37)(H,36,38)/b35-21-. The van der Waals surface area contributed by atoms with Gasteiger partial charge in [0.1, 0.15) is 0 Å². The van der Waals surface area contributed by atoms with Gasteiger partial charge in [-0.2, -0.15) is 5.10 Å². The fraction of sp³-hybridized carbons (Fsp3) is 0.0645. The molecule has 2 aromatic heterocycles. The average molecular weight is 500 g/mol. The molecule has 0 aliphatic carbocycles. The van der Waals surface area contributed by atoms with Crippen molar-refractivity contribution < 1.29 is 9.59 Å². The molecule has 0 spiro atoms. The zero-order valence-electron chi connectivity index (χ0n) is 21.0. The number of hydrazone groups is 1. The number of anilines is 1. The van der Waals surface area contributed by atoms with Gasteiger partial charge in [-0.25, -0.2) is 10.4 Å². The van der Waals surface area contributed by atoms with Crippen molar-refractivity contribution in [1.82, 2.24) is 15.4 Å². The summed E-state index contributed by atoms with van der Waals surface area (Å²) in [6, 6.07) is 28.0. The molecule has 0 aliphatic heterocycles. The Kier molecular flexibility index (Phi) is 6.99. The molecule has 38 heavy (non-hydrogen) atoms. The van der Waals surface area contributed by atoms with E-state index in [0.29, 0.717) is 22.5 Å².